The van der Waals surface area contributed by atoms with Crippen molar-refractivity contribution in [1.29, 1.82) is 0 Å². The molecule has 3 aromatic heterocycles. The fraction of sp³-hybridized carbons (Fsp3) is 0.185. The van der Waals surface area contributed by atoms with Gasteiger partial charge in [-0.1, -0.05) is 36.4 Å². The SMILES string of the molecule is Cc1ccc2c(Cc3ccc(CCS(C)(=O)=O)cc3)nccc2c1NC(=O)c1csc2c(N)ncnc12. The molecule has 0 bridgehead atoms. The van der Waals surface area contributed by atoms with Gasteiger partial charge in [-0.15, -0.1) is 11.3 Å². The lowest BCUT2D eigenvalue weighted by Crippen LogP contribution is -2.13. The predicted molar refractivity (Wildman–Crippen MR) is 149 cm³/mol. The van der Waals surface area contributed by atoms with Crippen molar-refractivity contribution in [2.24, 2.45) is 0 Å². The zero-order valence-corrected chi connectivity index (χ0v) is 22.0. The standard InChI is InChI=1S/C27H25N5O3S2/c1-16-3-8-19-20(23(16)32-27(33)21-14-36-25-24(21)30-15-31-26(25)28)9-11-29-22(19)13-18-6-4-17(5-7-18)10-12-37(2,34)35/h3-9,11,14-15H,10,12-13H2,1-2H3,(H,32,33)(H2,28,30,31). The molecule has 188 valence electrons. The van der Waals surface area contributed by atoms with Crippen LogP contribution in [0.25, 0.3) is 21.0 Å². The van der Waals surface area contributed by atoms with Crippen LogP contribution in [0.3, 0.4) is 0 Å². The molecule has 8 nitrogen and oxygen atoms in total. The summed E-state index contributed by atoms with van der Waals surface area (Å²) in [5, 5.41) is 6.68. The first-order valence-electron chi connectivity index (χ1n) is 11.6. The fourth-order valence-electron chi connectivity index (χ4n) is 4.26. The first kappa shape index (κ1) is 24.8. The minimum atomic E-state index is -3.00. The summed E-state index contributed by atoms with van der Waals surface area (Å²) in [5.41, 5.74) is 11.5. The summed E-state index contributed by atoms with van der Waals surface area (Å²) in [6.07, 6.45) is 5.46. The lowest BCUT2D eigenvalue weighted by molar-refractivity contribution is 0.102. The van der Waals surface area contributed by atoms with Crippen molar-refractivity contribution in [2.45, 2.75) is 19.8 Å². The van der Waals surface area contributed by atoms with Gasteiger partial charge in [-0.2, -0.15) is 0 Å². The van der Waals surface area contributed by atoms with Crippen molar-refractivity contribution in [3.63, 3.8) is 0 Å². The number of carbonyl (C=O) groups is 1. The second-order valence-corrected chi connectivity index (χ2v) is 12.2. The van der Waals surface area contributed by atoms with Crippen LogP contribution in [-0.2, 0) is 22.7 Å². The number of hydrogen-bond donors (Lipinski definition) is 2. The van der Waals surface area contributed by atoms with Gasteiger partial charge in [0.25, 0.3) is 5.91 Å². The lowest BCUT2D eigenvalue weighted by Gasteiger charge is -2.14. The van der Waals surface area contributed by atoms with Gasteiger partial charge in [-0.25, -0.2) is 18.4 Å². The Bertz CT molecular complexity index is 1750. The van der Waals surface area contributed by atoms with Crippen LogP contribution < -0.4 is 11.1 Å². The summed E-state index contributed by atoms with van der Waals surface area (Å²) in [4.78, 5) is 26.1. The number of anilines is 2. The second kappa shape index (κ2) is 9.87. The van der Waals surface area contributed by atoms with Crippen LogP contribution in [0, 0.1) is 6.92 Å². The van der Waals surface area contributed by atoms with Crippen molar-refractivity contribution >= 4 is 59.6 Å². The topological polar surface area (TPSA) is 128 Å². The third-order valence-corrected chi connectivity index (χ3v) is 8.19. The Hall–Kier alpha value is -3.89. The van der Waals surface area contributed by atoms with Gasteiger partial charge in [0.2, 0.25) is 0 Å². The molecule has 0 atom stereocenters. The number of thiophene rings is 1. The summed E-state index contributed by atoms with van der Waals surface area (Å²) in [7, 11) is -3.00. The summed E-state index contributed by atoms with van der Waals surface area (Å²) in [6, 6.07) is 13.8. The number of aryl methyl sites for hydroxylation is 2. The van der Waals surface area contributed by atoms with E-state index in [1.54, 1.807) is 11.6 Å². The van der Waals surface area contributed by atoms with Gasteiger partial charge >= 0.3 is 0 Å². The molecule has 1 amide bonds. The first-order valence-corrected chi connectivity index (χ1v) is 14.6. The number of rotatable bonds is 7. The lowest BCUT2D eigenvalue weighted by atomic mass is 9.99. The highest BCUT2D eigenvalue weighted by Gasteiger charge is 2.18. The Kier molecular flexibility index (Phi) is 6.61. The van der Waals surface area contributed by atoms with Crippen molar-refractivity contribution in [1.82, 2.24) is 15.0 Å². The molecule has 0 aliphatic heterocycles. The molecule has 0 aliphatic carbocycles. The Morgan fingerprint density at radius 1 is 1.00 bits per heavy atom. The van der Waals surface area contributed by atoms with Gasteiger partial charge in [-0.05, 0) is 36.1 Å². The second-order valence-electron chi connectivity index (χ2n) is 9.02. The predicted octanol–water partition coefficient (Wildman–Crippen LogP) is 4.56. The van der Waals surface area contributed by atoms with Crippen LogP contribution in [0.15, 0.2) is 60.4 Å². The average molecular weight is 532 g/mol. The summed E-state index contributed by atoms with van der Waals surface area (Å²) < 4.78 is 23.6. The third-order valence-electron chi connectivity index (χ3n) is 6.26. The van der Waals surface area contributed by atoms with Crippen LogP contribution in [0.2, 0.25) is 0 Å². The zero-order valence-electron chi connectivity index (χ0n) is 20.4. The van der Waals surface area contributed by atoms with Crippen LogP contribution in [0.4, 0.5) is 11.5 Å². The quantitative estimate of drug-likeness (QED) is 0.315. The minimum absolute atomic E-state index is 0.132. The van der Waals surface area contributed by atoms with Crippen LogP contribution in [0.1, 0.15) is 32.7 Å². The number of sulfone groups is 1. The monoisotopic (exact) mass is 531 g/mol. The van der Waals surface area contributed by atoms with Crippen molar-refractivity contribution < 1.29 is 13.2 Å². The number of amides is 1. The normalized spacial score (nSPS) is 11.7. The van der Waals surface area contributed by atoms with Crippen molar-refractivity contribution in [3.05, 3.63) is 88.3 Å². The van der Waals surface area contributed by atoms with Crippen molar-refractivity contribution in [3.8, 4) is 0 Å². The summed E-state index contributed by atoms with van der Waals surface area (Å²) in [6.45, 7) is 1.95. The van der Waals surface area contributed by atoms with Crippen LogP contribution >= 0.6 is 11.3 Å². The van der Waals surface area contributed by atoms with Gasteiger partial charge in [0, 0.05) is 35.0 Å². The molecule has 0 aliphatic rings. The number of nitrogens with zero attached hydrogens (tertiary/aromatic N) is 3. The molecule has 2 aromatic carbocycles. The first-order chi connectivity index (χ1) is 17.7. The molecular formula is C27H25N5O3S2. The average Bonchev–Trinajstić information content (AvgIpc) is 3.31. The molecule has 0 fully saturated rings. The van der Waals surface area contributed by atoms with Gasteiger partial charge in [0.15, 0.2) is 0 Å². The fourth-order valence-corrected chi connectivity index (χ4v) is 5.77. The molecule has 0 unspecified atom stereocenters. The van der Waals surface area contributed by atoms with E-state index in [2.05, 4.69) is 20.3 Å². The van der Waals surface area contributed by atoms with Crippen LogP contribution in [0.5, 0.6) is 0 Å². The van der Waals surface area contributed by atoms with E-state index in [0.29, 0.717) is 34.4 Å². The number of nitrogen functional groups attached to an aromatic ring is 1. The molecule has 10 heteroatoms. The van der Waals surface area contributed by atoms with Gasteiger partial charge in [0.1, 0.15) is 22.0 Å². The van der Waals surface area contributed by atoms with E-state index in [0.717, 1.165) is 38.8 Å². The van der Waals surface area contributed by atoms with E-state index in [4.69, 9.17) is 5.73 Å². The van der Waals surface area contributed by atoms with E-state index in [1.165, 1.54) is 23.9 Å². The van der Waals surface area contributed by atoms with Crippen molar-refractivity contribution in [2.75, 3.05) is 23.1 Å². The molecule has 0 spiro atoms. The van der Waals surface area contributed by atoms with E-state index in [9.17, 15) is 13.2 Å². The van der Waals surface area contributed by atoms with E-state index >= 15 is 0 Å². The molecule has 37 heavy (non-hydrogen) atoms. The number of hydrogen-bond acceptors (Lipinski definition) is 8. The maximum Gasteiger partial charge on any atom is 0.258 e. The molecule has 3 heterocycles. The van der Waals surface area contributed by atoms with Gasteiger partial charge in [0.05, 0.1) is 32.9 Å². The van der Waals surface area contributed by atoms with Gasteiger partial charge in [-0.3, -0.25) is 9.78 Å². The highest BCUT2D eigenvalue weighted by molar-refractivity contribution is 7.90. The molecule has 5 aromatic rings. The number of pyridine rings is 1. The van der Waals surface area contributed by atoms with Crippen LogP contribution in [-0.4, -0.2) is 41.3 Å². The number of nitrogens with one attached hydrogen (secondary N) is 1. The molecule has 0 radical (unpaired) electrons. The Morgan fingerprint density at radius 3 is 2.51 bits per heavy atom. The Balaban J connectivity index is 1.43. The number of benzene rings is 2. The summed E-state index contributed by atoms with van der Waals surface area (Å²) in [5.74, 6) is 0.226. The molecule has 0 saturated heterocycles. The maximum absolute atomic E-state index is 13.3. The maximum atomic E-state index is 13.3. The number of carbonyl (C=O) groups excluding carboxylic acids is 1. The Labute approximate surface area is 218 Å². The highest BCUT2D eigenvalue weighted by Crippen LogP contribution is 2.32. The molecule has 0 saturated carbocycles. The van der Waals surface area contributed by atoms with Gasteiger partial charge < -0.3 is 11.1 Å². The largest absolute Gasteiger partial charge is 0.382 e. The number of nitrogens with two attached hydrogens (primary N) is 1. The molecule has 5 rings (SSSR count). The van der Waals surface area contributed by atoms with E-state index in [1.807, 2.05) is 49.4 Å². The molecular weight excluding hydrogens is 506 g/mol. The number of fused-ring (bicyclic) bond motifs is 2. The zero-order chi connectivity index (χ0) is 26.2. The number of aromatic nitrogens is 3. The van der Waals surface area contributed by atoms with E-state index < -0.39 is 9.84 Å². The van der Waals surface area contributed by atoms with E-state index in [-0.39, 0.29) is 11.7 Å². The smallest absolute Gasteiger partial charge is 0.258 e. The minimum Gasteiger partial charge on any atom is -0.382 e. The highest BCUT2D eigenvalue weighted by atomic mass is 32.2. The molecule has 3 N–H and O–H groups in total. The Morgan fingerprint density at radius 2 is 1.76 bits per heavy atom. The summed E-state index contributed by atoms with van der Waals surface area (Å²) >= 11 is 1.35. The third kappa shape index (κ3) is 5.30.